The second kappa shape index (κ2) is 18.7. The summed E-state index contributed by atoms with van der Waals surface area (Å²) in [6.45, 7) is 10.5. The SMILES string of the molecule is CCOC(=O)C(c1ccccc1)c1ccc(NCCCNC(=O)CCOCCOCCNC(=O)OC(C)(C)C)cc1. The van der Waals surface area contributed by atoms with Crippen molar-refractivity contribution >= 4 is 23.7 Å². The Labute approximate surface area is 243 Å². The fraction of sp³-hybridized carbons (Fsp3) is 0.516. The van der Waals surface area contributed by atoms with Gasteiger partial charge in [0.05, 0.1) is 33.0 Å². The number of hydrogen-bond acceptors (Lipinski definition) is 8. The van der Waals surface area contributed by atoms with E-state index in [1.54, 1.807) is 27.7 Å². The van der Waals surface area contributed by atoms with E-state index >= 15 is 0 Å². The van der Waals surface area contributed by atoms with Crippen molar-refractivity contribution in [3.05, 3.63) is 65.7 Å². The van der Waals surface area contributed by atoms with Gasteiger partial charge in [0, 0.05) is 31.7 Å². The van der Waals surface area contributed by atoms with Gasteiger partial charge in [0.15, 0.2) is 0 Å². The molecule has 0 spiro atoms. The van der Waals surface area contributed by atoms with Crippen molar-refractivity contribution in [1.29, 1.82) is 0 Å². The number of alkyl carbamates (subject to hydrolysis) is 1. The Hall–Kier alpha value is -3.63. The third-order valence-corrected chi connectivity index (χ3v) is 5.66. The molecule has 0 aliphatic carbocycles. The number of carbonyl (C=O) groups excluding carboxylic acids is 3. The highest BCUT2D eigenvalue weighted by atomic mass is 16.6. The third kappa shape index (κ3) is 14.5. The molecule has 10 nitrogen and oxygen atoms in total. The van der Waals surface area contributed by atoms with Gasteiger partial charge < -0.3 is 34.9 Å². The maximum Gasteiger partial charge on any atom is 0.407 e. The predicted octanol–water partition coefficient (Wildman–Crippen LogP) is 4.25. The topological polar surface area (TPSA) is 124 Å². The maximum atomic E-state index is 12.6. The predicted molar refractivity (Wildman–Crippen MR) is 158 cm³/mol. The smallest absolute Gasteiger partial charge is 0.407 e. The van der Waals surface area contributed by atoms with E-state index in [4.69, 9.17) is 18.9 Å². The first-order valence-corrected chi connectivity index (χ1v) is 14.1. The van der Waals surface area contributed by atoms with E-state index in [0.29, 0.717) is 52.7 Å². The number of ether oxygens (including phenoxy) is 4. The summed E-state index contributed by atoms with van der Waals surface area (Å²) in [5.74, 6) is -0.800. The zero-order valence-electron chi connectivity index (χ0n) is 24.7. The second-order valence-electron chi connectivity index (χ2n) is 10.3. The van der Waals surface area contributed by atoms with Gasteiger partial charge in [-0.15, -0.1) is 0 Å². The van der Waals surface area contributed by atoms with E-state index in [9.17, 15) is 14.4 Å². The van der Waals surface area contributed by atoms with Crippen molar-refractivity contribution in [2.45, 2.75) is 52.1 Å². The van der Waals surface area contributed by atoms with Crippen LogP contribution in [-0.4, -0.2) is 76.2 Å². The van der Waals surface area contributed by atoms with Gasteiger partial charge >= 0.3 is 12.1 Å². The van der Waals surface area contributed by atoms with Crippen LogP contribution in [0.2, 0.25) is 0 Å². The highest BCUT2D eigenvalue weighted by Gasteiger charge is 2.23. The Bertz CT molecular complexity index is 1040. The Morgan fingerprint density at radius 1 is 0.780 bits per heavy atom. The van der Waals surface area contributed by atoms with Crippen LogP contribution in [0.5, 0.6) is 0 Å². The van der Waals surface area contributed by atoms with Crippen LogP contribution in [0.15, 0.2) is 54.6 Å². The first-order chi connectivity index (χ1) is 19.7. The second-order valence-corrected chi connectivity index (χ2v) is 10.3. The molecule has 0 bridgehead atoms. The number of anilines is 1. The molecule has 0 saturated heterocycles. The van der Waals surface area contributed by atoms with Crippen molar-refractivity contribution in [2.75, 3.05) is 58.0 Å². The van der Waals surface area contributed by atoms with Crippen molar-refractivity contribution in [3.63, 3.8) is 0 Å². The summed E-state index contributed by atoms with van der Waals surface area (Å²) in [6.07, 6.45) is 0.561. The Kier molecular flexibility index (Phi) is 15.3. The zero-order chi connectivity index (χ0) is 29.9. The highest BCUT2D eigenvalue weighted by molar-refractivity contribution is 5.82. The van der Waals surface area contributed by atoms with Gasteiger partial charge in [-0.1, -0.05) is 42.5 Å². The summed E-state index contributed by atoms with van der Waals surface area (Å²) in [5.41, 5.74) is 2.17. The summed E-state index contributed by atoms with van der Waals surface area (Å²) in [4.78, 5) is 36.1. The van der Waals surface area contributed by atoms with Gasteiger partial charge in [-0.3, -0.25) is 9.59 Å². The van der Waals surface area contributed by atoms with Crippen LogP contribution in [0.3, 0.4) is 0 Å². The minimum absolute atomic E-state index is 0.0669. The minimum Gasteiger partial charge on any atom is -0.465 e. The van der Waals surface area contributed by atoms with Crippen LogP contribution in [0, 0.1) is 0 Å². The molecule has 2 amide bonds. The first kappa shape index (κ1) is 33.6. The van der Waals surface area contributed by atoms with Crippen LogP contribution in [0.4, 0.5) is 10.5 Å². The van der Waals surface area contributed by atoms with E-state index in [1.165, 1.54) is 0 Å². The fourth-order valence-electron chi connectivity index (χ4n) is 3.79. The molecule has 1 atom stereocenters. The number of benzene rings is 2. The number of hydrogen-bond donors (Lipinski definition) is 3. The monoisotopic (exact) mass is 571 g/mol. The van der Waals surface area contributed by atoms with Gasteiger partial charge in [0.25, 0.3) is 0 Å². The Balaban J connectivity index is 1.54. The number of nitrogens with one attached hydrogen (secondary N) is 3. The third-order valence-electron chi connectivity index (χ3n) is 5.66. The van der Waals surface area contributed by atoms with Crippen molar-refractivity contribution in [3.8, 4) is 0 Å². The molecule has 10 heteroatoms. The molecule has 0 saturated carbocycles. The van der Waals surface area contributed by atoms with Crippen LogP contribution in [0.25, 0.3) is 0 Å². The molecular formula is C31H45N3O7. The van der Waals surface area contributed by atoms with Crippen molar-refractivity contribution < 1.29 is 33.3 Å². The van der Waals surface area contributed by atoms with E-state index in [0.717, 1.165) is 23.2 Å². The van der Waals surface area contributed by atoms with Gasteiger partial charge in [-0.25, -0.2) is 4.79 Å². The van der Waals surface area contributed by atoms with Crippen molar-refractivity contribution in [2.24, 2.45) is 0 Å². The molecule has 2 aromatic rings. The molecule has 1 unspecified atom stereocenters. The molecule has 2 aromatic carbocycles. The largest absolute Gasteiger partial charge is 0.465 e. The summed E-state index contributed by atoms with van der Waals surface area (Å²) >= 11 is 0. The molecule has 2 rings (SSSR count). The lowest BCUT2D eigenvalue weighted by Gasteiger charge is -2.19. The summed E-state index contributed by atoms with van der Waals surface area (Å²) < 4.78 is 21.3. The van der Waals surface area contributed by atoms with Gasteiger partial charge in [-0.2, -0.15) is 0 Å². The Morgan fingerprint density at radius 3 is 2.10 bits per heavy atom. The summed E-state index contributed by atoms with van der Waals surface area (Å²) in [6, 6.07) is 17.4. The maximum absolute atomic E-state index is 12.6. The quantitative estimate of drug-likeness (QED) is 0.179. The van der Waals surface area contributed by atoms with Crippen LogP contribution in [0.1, 0.15) is 57.6 Å². The fourth-order valence-corrected chi connectivity index (χ4v) is 3.79. The van der Waals surface area contributed by atoms with E-state index in [2.05, 4.69) is 16.0 Å². The highest BCUT2D eigenvalue weighted by Crippen LogP contribution is 2.27. The normalized spacial score (nSPS) is 11.8. The molecule has 0 aromatic heterocycles. The average molecular weight is 572 g/mol. The van der Waals surface area contributed by atoms with Crippen LogP contribution < -0.4 is 16.0 Å². The molecule has 0 aliphatic rings. The average Bonchev–Trinajstić information content (AvgIpc) is 2.92. The zero-order valence-corrected chi connectivity index (χ0v) is 24.7. The summed E-state index contributed by atoms with van der Waals surface area (Å²) in [5, 5.41) is 8.84. The number of carbonyl (C=O) groups is 3. The lowest BCUT2D eigenvalue weighted by atomic mass is 9.91. The van der Waals surface area contributed by atoms with Gasteiger partial charge in [0.1, 0.15) is 11.5 Å². The Morgan fingerprint density at radius 2 is 1.44 bits per heavy atom. The number of rotatable bonds is 18. The lowest BCUT2D eigenvalue weighted by molar-refractivity contribution is -0.143. The number of esters is 1. The lowest BCUT2D eigenvalue weighted by Crippen LogP contribution is -2.34. The van der Waals surface area contributed by atoms with E-state index in [1.807, 2.05) is 54.6 Å². The molecule has 0 fully saturated rings. The first-order valence-electron chi connectivity index (χ1n) is 14.1. The van der Waals surface area contributed by atoms with E-state index < -0.39 is 17.6 Å². The minimum atomic E-state index is -0.531. The standard InChI is InChI=1S/C31H45N3O7/c1-5-40-29(36)28(24-10-7-6-8-11-24)25-12-14-26(15-13-25)32-17-9-18-33-27(35)16-20-38-22-23-39-21-19-34-30(37)41-31(2,3)4/h6-8,10-15,28,32H,5,9,16-23H2,1-4H3,(H,33,35)(H,34,37). The van der Waals surface area contributed by atoms with Gasteiger partial charge in [0.2, 0.25) is 5.91 Å². The summed E-state index contributed by atoms with van der Waals surface area (Å²) in [7, 11) is 0. The van der Waals surface area contributed by atoms with Gasteiger partial charge in [-0.05, 0) is 57.4 Å². The van der Waals surface area contributed by atoms with Crippen LogP contribution >= 0.6 is 0 Å². The molecule has 41 heavy (non-hydrogen) atoms. The molecular weight excluding hydrogens is 526 g/mol. The number of amides is 2. The molecule has 0 heterocycles. The van der Waals surface area contributed by atoms with Crippen molar-refractivity contribution in [1.82, 2.24) is 10.6 Å². The van der Waals surface area contributed by atoms with Crippen LogP contribution in [-0.2, 0) is 28.5 Å². The molecule has 0 aliphatic heterocycles. The molecule has 0 radical (unpaired) electrons. The molecule has 226 valence electrons. The van der Waals surface area contributed by atoms with E-state index in [-0.39, 0.29) is 18.3 Å². The molecule has 3 N–H and O–H groups in total.